The molecule has 0 radical (unpaired) electrons. The van der Waals surface area contributed by atoms with Gasteiger partial charge in [0.2, 0.25) is 5.91 Å². The number of nitrogens with one attached hydrogen (secondary N) is 1. The molecule has 0 atom stereocenters. The van der Waals surface area contributed by atoms with E-state index in [4.69, 9.17) is 9.84 Å². The topological polar surface area (TPSA) is 75.6 Å². The maximum atomic E-state index is 12.0. The van der Waals surface area contributed by atoms with Gasteiger partial charge in [-0.05, 0) is 48.2 Å². The summed E-state index contributed by atoms with van der Waals surface area (Å²) >= 11 is 0. The molecule has 0 bridgehead atoms. The number of hydrogen-bond donors (Lipinski definition) is 2. The molecule has 0 aliphatic carbocycles. The van der Waals surface area contributed by atoms with Gasteiger partial charge in [-0.3, -0.25) is 4.79 Å². The summed E-state index contributed by atoms with van der Waals surface area (Å²) in [5, 5.41) is 11.4. The molecule has 2 aromatic carbocycles. The molecule has 0 spiro atoms. The van der Waals surface area contributed by atoms with Gasteiger partial charge in [-0.25, -0.2) is 4.79 Å². The number of carboxylic acids is 1. The van der Waals surface area contributed by atoms with Crippen LogP contribution in [0.15, 0.2) is 48.5 Å². The van der Waals surface area contributed by atoms with E-state index in [9.17, 15) is 9.59 Å². The van der Waals surface area contributed by atoms with Crippen LogP contribution in [0.3, 0.4) is 0 Å². The van der Waals surface area contributed by atoms with Gasteiger partial charge in [0.25, 0.3) is 0 Å². The first-order valence-electron chi connectivity index (χ1n) is 7.89. The van der Waals surface area contributed by atoms with E-state index in [0.717, 1.165) is 12.0 Å². The van der Waals surface area contributed by atoms with Crippen LogP contribution in [-0.4, -0.2) is 23.6 Å². The Morgan fingerprint density at radius 3 is 2.21 bits per heavy atom. The number of amides is 1. The Balaban J connectivity index is 1.79. The first kappa shape index (κ1) is 17.5. The highest BCUT2D eigenvalue weighted by molar-refractivity contribution is 5.90. The van der Waals surface area contributed by atoms with Gasteiger partial charge in [0.1, 0.15) is 5.75 Å². The molecule has 2 N–H and O–H groups in total. The van der Waals surface area contributed by atoms with E-state index in [0.29, 0.717) is 24.3 Å². The van der Waals surface area contributed by atoms with Crippen molar-refractivity contribution < 1.29 is 19.4 Å². The van der Waals surface area contributed by atoms with Crippen molar-refractivity contribution in [2.24, 2.45) is 0 Å². The first-order valence-corrected chi connectivity index (χ1v) is 7.89. The Hall–Kier alpha value is -2.82. The van der Waals surface area contributed by atoms with E-state index in [2.05, 4.69) is 36.5 Å². The van der Waals surface area contributed by atoms with Crippen LogP contribution in [0.25, 0.3) is 0 Å². The minimum absolute atomic E-state index is 0.0613. The first-order chi connectivity index (χ1) is 11.6. The Labute approximate surface area is 141 Å². The third-order valence-corrected chi connectivity index (χ3v) is 3.57. The molecule has 5 heteroatoms. The zero-order valence-corrected chi connectivity index (χ0v) is 13.6. The van der Waals surface area contributed by atoms with Crippen LogP contribution in [0.4, 0.5) is 5.69 Å². The maximum absolute atomic E-state index is 12.0. The second-order valence-corrected chi connectivity index (χ2v) is 5.43. The molecule has 0 aliphatic heterocycles. The van der Waals surface area contributed by atoms with Crippen LogP contribution >= 0.6 is 0 Å². The minimum atomic E-state index is -1.03. The highest BCUT2D eigenvalue weighted by Crippen LogP contribution is 2.16. The highest BCUT2D eigenvalue weighted by Gasteiger charge is 2.04. The van der Waals surface area contributed by atoms with Crippen LogP contribution in [-0.2, 0) is 22.4 Å². The number of anilines is 1. The summed E-state index contributed by atoms with van der Waals surface area (Å²) in [5.41, 5.74) is 3.08. The second-order valence-electron chi connectivity index (χ2n) is 5.43. The Kier molecular flexibility index (Phi) is 6.37. The number of hydrogen-bond acceptors (Lipinski definition) is 3. The van der Waals surface area contributed by atoms with Crippen molar-refractivity contribution in [1.29, 1.82) is 0 Å². The van der Waals surface area contributed by atoms with Crippen LogP contribution in [0.1, 0.15) is 24.5 Å². The predicted molar refractivity (Wildman–Crippen MR) is 92.3 cm³/mol. The smallest absolute Gasteiger partial charge is 0.341 e. The largest absolute Gasteiger partial charge is 0.482 e. The summed E-state index contributed by atoms with van der Waals surface area (Å²) in [7, 11) is 0. The number of carbonyl (C=O) groups is 2. The summed E-state index contributed by atoms with van der Waals surface area (Å²) in [5.74, 6) is -0.639. The lowest BCUT2D eigenvalue weighted by Crippen LogP contribution is -2.12. The van der Waals surface area contributed by atoms with Crippen molar-refractivity contribution in [3.8, 4) is 5.75 Å². The number of carbonyl (C=O) groups excluding carboxylic acids is 1. The minimum Gasteiger partial charge on any atom is -0.482 e. The molecule has 0 aromatic heterocycles. The third kappa shape index (κ3) is 5.76. The van der Waals surface area contributed by atoms with E-state index >= 15 is 0 Å². The lowest BCUT2D eigenvalue weighted by molar-refractivity contribution is -0.139. The molecule has 0 saturated heterocycles. The van der Waals surface area contributed by atoms with Crippen molar-refractivity contribution in [2.75, 3.05) is 11.9 Å². The number of rotatable bonds is 8. The van der Waals surface area contributed by atoms with Gasteiger partial charge in [0.05, 0.1) is 0 Å². The molecule has 2 rings (SSSR count). The molecule has 0 saturated carbocycles. The number of ether oxygens (including phenoxy) is 1. The van der Waals surface area contributed by atoms with E-state index in [-0.39, 0.29) is 12.5 Å². The van der Waals surface area contributed by atoms with Gasteiger partial charge in [0.15, 0.2) is 6.61 Å². The fraction of sp³-hybridized carbons (Fsp3) is 0.263. The van der Waals surface area contributed by atoms with Gasteiger partial charge in [0, 0.05) is 12.1 Å². The van der Waals surface area contributed by atoms with Crippen molar-refractivity contribution >= 4 is 17.6 Å². The van der Waals surface area contributed by atoms with Gasteiger partial charge >= 0.3 is 5.97 Å². The Morgan fingerprint density at radius 1 is 1.00 bits per heavy atom. The predicted octanol–water partition coefficient (Wildman–Crippen LogP) is 3.28. The van der Waals surface area contributed by atoms with Crippen molar-refractivity contribution in [2.45, 2.75) is 26.2 Å². The Morgan fingerprint density at radius 2 is 1.62 bits per heavy atom. The zero-order valence-electron chi connectivity index (χ0n) is 13.6. The SMILES string of the molecule is CCc1ccc(CCC(=O)Nc2ccc(OCC(=O)O)cc2)cc1. The lowest BCUT2D eigenvalue weighted by Gasteiger charge is -2.07. The lowest BCUT2D eigenvalue weighted by atomic mass is 10.1. The van der Waals surface area contributed by atoms with Crippen molar-refractivity contribution in [3.05, 3.63) is 59.7 Å². The summed E-state index contributed by atoms with van der Waals surface area (Å²) in [4.78, 5) is 22.4. The second kappa shape index (κ2) is 8.72. The molecule has 0 fully saturated rings. The van der Waals surface area contributed by atoms with Crippen LogP contribution < -0.4 is 10.1 Å². The fourth-order valence-electron chi connectivity index (χ4n) is 2.20. The third-order valence-electron chi connectivity index (χ3n) is 3.57. The summed E-state index contributed by atoms with van der Waals surface area (Å²) in [6, 6.07) is 14.9. The van der Waals surface area contributed by atoms with Gasteiger partial charge in [-0.2, -0.15) is 0 Å². The van der Waals surface area contributed by atoms with E-state index in [1.807, 2.05) is 0 Å². The molecule has 2 aromatic rings. The molecular formula is C19H21NO4. The number of aryl methyl sites for hydroxylation is 2. The average Bonchev–Trinajstić information content (AvgIpc) is 2.60. The van der Waals surface area contributed by atoms with Crippen molar-refractivity contribution in [3.63, 3.8) is 0 Å². The fourth-order valence-corrected chi connectivity index (χ4v) is 2.20. The standard InChI is InChI=1S/C19H21NO4/c1-2-14-3-5-15(6-4-14)7-12-18(21)20-16-8-10-17(11-9-16)24-13-19(22)23/h3-6,8-11H,2,7,12-13H2,1H3,(H,20,21)(H,22,23). The van der Waals surface area contributed by atoms with Gasteiger partial charge < -0.3 is 15.2 Å². The quantitative estimate of drug-likeness (QED) is 0.780. The number of aliphatic carboxylic acids is 1. The van der Waals surface area contributed by atoms with Crippen LogP contribution in [0.2, 0.25) is 0 Å². The van der Waals surface area contributed by atoms with Crippen LogP contribution in [0.5, 0.6) is 5.75 Å². The molecule has 5 nitrogen and oxygen atoms in total. The number of benzene rings is 2. The van der Waals surface area contributed by atoms with Crippen molar-refractivity contribution in [1.82, 2.24) is 0 Å². The summed E-state index contributed by atoms with van der Waals surface area (Å²) in [6.45, 7) is 1.73. The molecule has 1 amide bonds. The van der Waals surface area contributed by atoms with Crippen LogP contribution in [0, 0.1) is 0 Å². The highest BCUT2D eigenvalue weighted by atomic mass is 16.5. The van der Waals surface area contributed by atoms with E-state index in [1.165, 1.54) is 5.56 Å². The zero-order chi connectivity index (χ0) is 17.4. The van der Waals surface area contributed by atoms with E-state index < -0.39 is 5.97 Å². The molecular weight excluding hydrogens is 306 g/mol. The maximum Gasteiger partial charge on any atom is 0.341 e. The van der Waals surface area contributed by atoms with Gasteiger partial charge in [-0.1, -0.05) is 31.2 Å². The summed E-state index contributed by atoms with van der Waals surface area (Å²) in [6.07, 6.45) is 2.10. The summed E-state index contributed by atoms with van der Waals surface area (Å²) < 4.78 is 5.04. The molecule has 0 unspecified atom stereocenters. The normalized spacial score (nSPS) is 10.2. The monoisotopic (exact) mass is 327 g/mol. The molecule has 0 aliphatic rings. The molecule has 126 valence electrons. The average molecular weight is 327 g/mol. The molecule has 0 heterocycles. The Bertz CT molecular complexity index is 678. The number of carboxylic acid groups (broad SMARTS) is 1. The van der Waals surface area contributed by atoms with Gasteiger partial charge in [-0.15, -0.1) is 0 Å². The molecule has 24 heavy (non-hydrogen) atoms. The van der Waals surface area contributed by atoms with E-state index in [1.54, 1.807) is 24.3 Å².